The predicted molar refractivity (Wildman–Crippen MR) is 59.2 cm³/mol. The first kappa shape index (κ1) is 15.7. The number of ether oxygens (including phenoxy) is 1. The van der Waals surface area contributed by atoms with E-state index in [0.29, 0.717) is 12.8 Å². The van der Waals surface area contributed by atoms with Crippen LogP contribution in [0.15, 0.2) is 0 Å². The van der Waals surface area contributed by atoms with Crippen LogP contribution in [0.25, 0.3) is 0 Å². The second-order valence-corrected chi connectivity index (χ2v) is 4.26. The van der Waals surface area contributed by atoms with Gasteiger partial charge in [0.05, 0.1) is 0 Å². The minimum Gasteiger partial charge on any atom is -0.486 e. The maximum absolute atomic E-state index is 13.3. The summed E-state index contributed by atoms with van der Waals surface area (Å²) in [6.07, 6.45) is 0.859. The highest BCUT2D eigenvalue weighted by Gasteiger charge is 2.29. The fourth-order valence-electron chi connectivity index (χ4n) is 1.38. The molecule has 19 heavy (non-hydrogen) atoms. The lowest BCUT2D eigenvalue weighted by molar-refractivity contribution is 0.186. The van der Waals surface area contributed by atoms with E-state index in [4.69, 9.17) is 10.5 Å². The Kier molecular flexibility index (Phi) is 4.73. The summed E-state index contributed by atoms with van der Waals surface area (Å²) in [5.41, 5.74) is 4.93. The average molecular weight is 283 g/mol. The van der Waals surface area contributed by atoms with Crippen LogP contribution in [-0.2, 0) is 0 Å². The van der Waals surface area contributed by atoms with Crippen molar-refractivity contribution in [3.05, 3.63) is 29.1 Å². The summed E-state index contributed by atoms with van der Waals surface area (Å²) in [6, 6.07) is 0. The molecular weight excluding hydrogens is 269 g/mol. The molecule has 1 rings (SSSR count). The molecule has 1 aromatic rings. The molecule has 0 aromatic heterocycles. The van der Waals surface area contributed by atoms with E-state index in [1.165, 1.54) is 0 Å². The van der Waals surface area contributed by atoms with Crippen molar-refractivity contribution in [2.75, 3.05) is 6.61 Å². The molecule has 1 aromatic carbocycles. The van der Waals surface area contributed by atoms with Crippen LogP contribution >= 0.6 is 0 Å². The fourth-order valence-corrected chi connectivity index (χ4v) is 1.38. The van der Waals surface area contributed by atoms with Crippen molar-refractivity contribution in [1.29, 1.82) is 0 Å². The number of nitrogens with two attached hydrogens (primary N) is 1. The van der Waals surface area contributed by atoms with Crippen molar-refractivity contribution >= 4 is 0 Å². The lowest BCUT2D eigenvalue weighted by Gasteiger charge is -2.26. The molecule has 0 aliphatic carbocycles. The molecular formula is C12H14F5NO. The highest BCUT2D eigenvalue weighted by atomic mass is 19.2. The summed E-state index contributed by atoms with van der Waals surface area (Å²) < 4.78 is 69.9. The summed E-state index contributed by atoms with van der Waals surface area (Å²) in [5.74, 6) is -11.6. The first-order valence-electron chi connectivity index (χ1n) is 5.70. The highest BCUT2D eigenvalue weighted by Crippen LogP contribution is 2.29. The molecule has 0 atom stereocenters. The summed E-state index contributed by atoms with van der Waals surface area (Å²) in [4.78, 5) is 0. The minimum absolute atomic E-state index is 0.349. The van der Waals surface area contributed by atoms with E-state index in [9.17, 15) is 22.0 Å². The maximum Gasteiger partial charge on any atom is 0.206 e. The number of hydrogen-bond donors (Lipinski definition) is 1. The number of hydrogen-bond acceptors (Lipinski definition) is 2. The molecule has 0 aliphatic rings. The molecule has 0 aliphatic heterocycles. The van der Waals surface area contributed by atoms with Crippen molar-refractivity contribution in [3.63, 3.8) is 0 Å². The normalized spacial score (nSPS) is 11.8. The molecule has 0 saturated heterocycles. The van der Waals surface area contributed by atoms with Crippen LogP contribution in [0.2, 0.25) is 0 Å². The average Bonchev–Trinajstić information content (AvgIpc) is 2.42. The Bertz CT molecular complexity index is 445. The van der Waals surface area contributed by atoms with Gasteiger partial charge < -0.3 is 10.5 Å². The molecule has 0 saturated carbocycles. The van der Waals surface area contributed by atoms with Crippen molar-refractivity contribution in [3.8, 4) is 5.75 Å². The quantitative estimate of drug-likeness (QED) is 0.511. The van der Waals surface area contributed by atoms with Gasteiger partial charge in [0, 0.05) is 5.54 Å². The first-order valence-corrected chi connectivity index (χ1v) is 5.70. The largest absolute Gasteiger partial charge is 0.486 e. The van der Waals surface area contributed by atoms with Gasteiger partial charge in [-0.1, -0.05) is 13.8 Å². The molecule has 108 valence electrons. The number of halogens is 5. The molecule has 0 fully saturated rings. The molecule has 2 N–H and O–H groups in total. The Morgan fingerprint density at radius 1 is 0.842 bits per heavy atom. The van der Waals surface area contributed by atoms with Gasteiger partial charge in [0.1, 0.15) is 6.61 Å². The summed E-state index contributed by atoms with van der Waals surface area (Å²) in [6.45, 7) is 3.11. The lowest BCUT2D eigenvalue weighted by Crippen LogP contribution is -2.44. The Morgan fingerprint density at radius 3 is 1.58 bits per heavy atom. The van der Waals surface area contributed by atoms with Crippen molar-refractivity contribution in [2.45, 2.75) is 32.2 Å². The third kappa shape index (κ3) is 2.97. The summed E-state index contributed by atoms with van der Waals surface area (Å²) >= 11 is 0. The van der Waals surface area contributed by atoms with Crippen LogP contribution in [0.5, 0.6) is 5.75 Å². The maximum atomic E-state index is 13.3. The fraction of sp³-hybridized carbons (Fsp3) is 0.500. The van der Waals surface area contributed by atoms with E-state index in [2.05, 4.69) is 0 Å². The van der Waals surface area contributed by atoms with Crippen LogP contribution in [0.3, 0.4) is 0 Å². The Hall–Kier alpha value is -1.37. The van der Waals surface area contributed by atoms with Crippen molar-refractivity contribution < 1.29 is 26.7 Å². The van der Waals surface area contributed by atoms with Crippen LogP contribution < -0.4 is 10.5 Å². The molecule has 0 amide bonds. The Labute approximate surface area is 107 Å². The number of rotatable bonds is 5. The first-order chi connectivity index (χ1) is 8.77. The highest BCUT2D eigenvalue weighted by molar-refractivity contribution is 5.29. The predicted octanol–water partition coefficient (Wildman–Crippen LogP) is 3.28. The van der Waals surface area contributed by atoms with Gasteiger partial charge >= 0.3 is 0 Å². The molecule has 0 bridgehead atoms. The summed E-state index contributed by atoms with van der Waals surface area (Å²) in [5, 5.41) is 0. The monoisotopic (exact) mass is 283 g/mol. The van der Waals surface area contributed by atoms with Crippen molar-refractivity contribution in [1.82, 2.24) is 0 Å². The van der Waals surface area contributed by atoms with Gasteiger partial charge in [0.15, 0.2) is 5.75 Å². The topological polar surface area (TPSA) is 35.2 Å². The van der Waals surface area contributed by atoms with Gasteiger partial charge in [-0.15, -0.1) is 0 Å². The zero-order valence-electron chi connectivity index (χ0n) is 10.5. The van der Waals surface area contributed by atoms with E-state index in [-0.39, 0.29) is 6.61 Å². The van der Waals surface area contributed by atoms with Crippen LogP contribution in [0, 0.1) is 29.1 Å². The molecule has 0 radical (unpaired) electrons. The van der Waals surface area contributed by atoms with Crippen LogP contribution in [0.1, 0.15) is 26.7 Å². The number of benzene rings is 1. The van der Waals surface area contributed by atoms with E-state index in [0.717, 1.165) is 0 Å². The molecule has 0 spiro atoms. The van der Waals surface area contributed by atoms with Gasteiger partial charge in [0.2, 0.25) is 29.1 Å². The third-order valence-corrected chi connectivity index (χ3v) is 3.08. The smallest absolute Gasteiger partial charge is 0.206 e. The SMILES string of the molecule is CCC(N)(CC)COc1c(F)c(F)c(F)c(F)c1F. The van der Waals surface area contributed by atoms with Crippen LogP contribution in [-0.4, -0.2) is 12.1 Å². The van der Waals surface area contributed by atoms with Gasteiger partial charge in [-0.05, 0) is 12.8 Å². The lowest BCUT2D eigenvalue weighted by atomic mass is 9.96. The van der Waals surface area contributed by atoms with E-state index in [1.807, 2.05) is 0 Å². The Balaban J connectivity index is 3.09. The zero-order chi connectivity index (χ0) is 14.8. The Morgan fingerprint density at radius 2 is 1.21 bits per heavy atom. The molecule has 7 heteroatoms. The summed E-state index contributed by atoms with van der Waals surface area (Å²) in [7, 11) is 0. The second kappa shape index (κ2) is 5.73. The van der Waals surface area contributed by atoms with Crippen LogP contribution in [0.4, 0.5) is 22.0 Å². The third-order valence-electron chi connectivity index (χ3n) is 3.08. The second-order valence-electron chi connectivity index (χ2n) is 4.26. The molecule has 0 unspecified atom stereocenters. The zero-order valence-corrected chi connectivity index (χ0v) is 10.5. The molecule has 2 nitrogen and oxygen atoms in total. The van der Waals surface area contributed by atoms with Gasteiger partial charge in [0.25, 0.3) is 0 Å². The minimum atomic E-state index is -2.22. The molecule has 0 heterocycles. The van der Waals surface area contributed by atoms with E-state index < -0.39 is 40.4 Å². The van der Waals surface area contributed by atoms with E-state index in [1.54, 1.807) is 13.8 Å². The van der Waals surface area contributed by atoms with Gasteiger partial charge in [-0.25, -0.2) is 13.2 Å². The van der Waals surface area contributed by atoms with Gasteiger partial charge in [-0.3, -0.25) is 0 Å². The van der Waals surface area contributed by atoms with Crippen molar-refractivity contribution in [2.24, 2.45) is 5.73 Å². The van der Waals surface area contributed by atoms with Gasteiger partial charge in [-0.2, -0.15) is 8.78 Å². The van der Waals surface area contributed by atoms with E-state index >= 15 is 0 Å². The standard InChI is InChI=1S/C12H14F5NO/c1-3-12(18,4-2)5-19-11-9(16)7(14)6(13)8(15)10(11)17/h3-5,18H2,1-2H3.